The molecule has 0 heterocycles. The fraction of sp³-hybridized carbons (Fsp3) is 0.773. The molecule has 0 unspecified atom stereocenters. The normalized spacial score (nSPS) is 12.5. The Morgan fingerprint density at radius 3 is 1.46 bits per heavy atom. The first kappa shape index (κ1) is 57.5. The zero-order valence-electron chi connectivity index (χ0n) is 38.6. The molecule has 0 fully saturated rings. The average Bonchev–Trinajstić information content (AvgIpc) is 3.24. The molecule has 0 saturated carbocycles. The number of methoxy groups -OCH3 is 1. The van der Waals surface area contributed by atoms with E-state index < -0.39 is 35.7 Å². The van der Waals surface area contributed by atoms with Gasteiger partial charge < -0.3 is 72.8 Å². The summed E-state index contributed by atoms with van der Waals surface area (Å²) >= 11 is 0. The largest absolute Gasteiger partial charge is 0.458 e. The molecule has 3 N–H and O–H groups in total. The predicted molar refractivity (Wildman–Crippen MR) is 232 cm³/mol. The molecule has 19 nitrogen and oxygen atoms in total. The molecule has 1 rings (SSSR count). The van der Waals surface area contributed by atoms with Gasteiger partial charge in [0.15, 0.2) is 0 Å². The first-order valence-corrected chi connectivity index (χ1v) is 21.9. The molecule has 0 radical (unpaired) electrons. The monoisotopic (exact) mass is 904 g/mol. The number of unbranched alkanes of at least 4 members (excludes halogenated alkanes) is 1. The van der Waals surface area contributed by atoms with Gasteiger partial charge >= 0.3 is 12.1 Å². The number of carbonyl (C=O) groups is 4. The summed E-state index contributed by atoms with van der Waals surface area (Å²) < 4.78 is 64.7. The topological polar surface area (TPSA) is 215 Å². The Hall–Kier alpha value is -3.50. The zero-order chi connectivity index (χ0) is 46.2. The molecule has 1 aromatic carbocycles. The SMILES string of the molecule is COCCOCCOCCOCCOCCOCCOCCOCCOCCOCC(=O)NCCCC[C@H](NC(=O)OCc1ccccc1)C(=O)N[C@H](C(=O)OC(C)(C)C)C(C)C. The Bertz CT molecular complexity index is 1290. The molecule has 0 saturated heterocycles. The number of ether oxygens (including phenoxy) is 12. The van der Waals surface area contributed by atoms with Crippen LogP contribution < -0.4 is 16.0 Å². The van der Waals surface area contributed by atoms with Gasteiger partial charge in [-0.05, 0) is 51.5 Å². The lowest BCUT2D eigenvalue weighted by atomic mass is 10.0. The Morgan fingerprint density at radius 1 is 0.587 bits per heavy atom. The second kappa shape index (κ2) is 38.9. The number of hydrogen-bond acceptors (Lipinski definition) is 16. The predicted octanol–water partition coefficient (Wildman–Crippen LogP) is 2.85. The Kier molecular flexibility index (Phi) is 35.5. The van der Waals surface area contributed by atoms with Crippen LogP contribution in [0.5, 0.6) is 0 Å². The summed E-state index contributed by atoms with van der Waals surface area (Å²) in [6.45, 7) is 17.3. The van der Waals surface area contributed by atoms with Crippen LogP contribution in [0, 0.1) is 5.92 Å². The maximum Gasteiger partial charge on any atom is 0.408 e. The lowest BCUT2D eigenvalue weighted by Crippen LogP contribution is -2.54. The molecule has 2 atom stereocenters. The van der Waals surface area contributed by atoms with E-state index in [-0.39, 0.29) is 38.1 Å². The Balaban J connectivity index is 2.08. The molecule has 3 amide bonds. The van der Waals surface area contributed by atoms with Gasteiger partial charge in [-0.1, -0.05) is 44.2 Å². The van der Waals surface area contributed by atoms with E-state index in [9.17, 15) is 19.2 Å². The zero-order valence-corrected chi connectivity index (χ0v) is 38.6. The Labute approximate surface area is 374 Å². The molecular formula is C44H77N3O16. The summed E-state index contributed by atoms with van der Waals surface area (Å²) in [6, 6.07) is 7.24. The van der Waals surface area contributed by atoms with Crippen molar-refractivity contribution in [2.45, 2.75) is 78.2 Å². The smallest absolute Gasteiger partial charge is 0.408 e. The van der Waals surface area contributed by atoms with Crippen LogP contribution in [0.15, 0.2) is 30.3 Å². The maximum absolute atomic E-state index is 13.4. The van der Waals surface area contributed by atoms with Crippen molar-refractivity contribution in [1.82, 2.24) is 16.0 Å². The molecular weight excluding hydrogens is 826 g/mol. The van der Waals surface area contributed by atoms with Crippen molar-refractivity contribution < 1.29 is 76.0 Å². The van der Waals surface area contributed by atoms with E-state index in [0.29, 0.717) is 132 Å². The third kappa shape index (κ3) is 35.5. The summed E-state index contributed by atoms with van der Waals surface area (Å²) in [5.74, 6) is -1.66. The molecule has 0 aromatic heterocycles. The average molecular weight is 904 g/mol. The van der Waals surface area contributed by atoms with Gasteiger partial charge in [0.1, 0.15) is 30.9 Å². The number of esters is 1. The number of benzene rings is 1. The molecule has 0 aliphatic heterocycles. The maximum atomic E-state index is 13.4. The van der Waals surface area contributed by atoms with Gasteiger partial charge in [0.2, 0.25) is 11.8 Å². The van der Waals surface area contributed by atoms with Gasteiger partial charge in [0, 0.05) is 13.7 Å². The van der Waals surface area contributed by atoms with E-state index in [4.69, 9.17) is 56.8 Å². The summed E-state index contributed by atoms with van der Waals surface area (Å²) in [6.07, 6.45) is 0.473. The molecule has 0 spiro atoms. The number of amides is 3. The van der Waals surface area contributed by atoms with Crippen molar-refractivity contribution in [1.29, 1.82) is 0 Å². The minimum Gasteiger partial charge on any atom is -0.458 e. The summed E-state index contributed by atoms with van der Waals surface area (Å²) in [5.41, 5.74) is 0.0520. The van der Waals surface area contributed by atoms with E-state index in [1.54, 1.807) is 41.7 Å². The van der Waals surface area contributed by atoms with Crippen LogP contribution in [-0.4, -0.2) is 181 Å². The molecule has 364 valence electrons. The third-order valence-corrected chi connectivity index (χ3v) is 8.33. The van der Waals surface area contributed by atoms with Gasteiger partial charge in [0.05, 0.1) is 119 Å². The van der Waals surface area contributed by atoms with Crippen molar-refractivity contribution in [3.8, 4) is 0 Å². The van der Waals surface area contributed by atoms with Gasteiger partial charge in [-0.3, -0.25) is 9.59 Å². The van der Waals surface area contributed by atoms with Crippen LogP contribution in [0.2, 0.25) is 0 Å². The van der Waals surface area contributed by atoms with E-state index >= 15 is 0 Å². The molecule has 0 bridgehead atoms. The van der Waals surface area contributed by atoms with Crippen LogP contribution in [0.3, 0.4) is 0 Å². The van der Waals surface area contributed by atoms with Gasteiger partial charge in [-0.25, -0.2) is 9.59 Å². The fourth-order valence-electron chi connectivity index (χ4n) is 5.11. The Morgan fingerprint density at radius 2 is 1.03 bits per heavy atom. The van der Waals surface area contributed by atoms with Crippen molar-refractivity contribution in [2.75, 3.05) is 139 Å². The van der Waals surface area contributed by atoms with E-state index in [2.05, 4.69) is 16.0 Å². The first-order chi connectivity index (χ1) is 30.4. The van der Waals surface area contributed by atoms with Crippen LogP contribution in [0.1, 0.15) is 59.4 Å². The molecule has 0 aliphatic rings. The van der Waals surface area contributed by atoms with Gasteiger partial charge in [0.25, 0.3) is 0 Å². The van der Waals surface area contributed by atoms with E-state index in [1.165, 1.54) is 0 Å². The van der Waals surface area contributed by atoms with Crippen LogP contribution in [0.4, 0.5) is 4.79 Å². The van der Waals surface area contributed by atoms with Crippen molar-refractivity contribution >= 4 is 23.9 Å². The summed E-state index contributed by atoms with van der Waals surface area (Å²) in [5, 5.41) is 8.16. The second-order valence-corrected chi connectivity index (χ2v) is 15.3. The third-order valence-electron chi connectivity index (χ3n) is 8.33. The van der Waals surface area contributed by atoms with E-state index in [1.807, 2.05) is 30.3 Å². The van der Waals surface area contributed by atoms with Crippen molar-refractivity contribution in [3.63, 3.8) is 0 Å². The highest BCUT2D eigenvalue weighted by molar-refractivity contribution is 5.89. The summed E-state index contributed by atoms with van der Waals surface area (Å²) in [4.78, 5) is 51.2. The standard InChI is InChI=1S/C44H77N3O16/c1-36(2)40(42(50)63-44(3,4)5)47-41(49)38(46-43(51)62-34-37-12-8-7-9-13-37)14-10-11-15-45-39(48)35-61-33-32-60-31-30-59-29-28-58-27-26-57-25-24-56-23-22-55-21-20-54-19-18-53-17-16-52-6/h7-9,12-13,36,38,40H,10-11,14-35H2,1-6H3,(H,45,48)(H,46,51)(H,47,49)/t38-,40-/m0/s1. The van der Waals surface area contributed by atoms with Gasteiger partial charge in [-0.15, -0.1) is 0 Å². The van der Waals surface area contributed by atoms with E-state index in [0.717, 1.165) is 5.56 Å². The minimum absolute atomic E-state index is 0.0271. The number of carbonyl (C=O) groups excluding carboxylic acids is 4. The van der Waals surface area contributed by atoms with Crippen molar-refractivity contribution in [3.05, 3.63) is 35.9 Å². The molecule has 1 aromatic rings. The minimum atomic E-state index is -0.990. The number of alkyl carbamates (subject to hydrolysis) is 1. The number of hydrogen-bond donors (Lipinski definition) is 3. The number of nitrogens with one attached hydrogen (secondary N) is 3. The fourth-order valence-corrected chi connectivity index (χ4v) is 5.11. The lowest BCUT2D eigenvalue weighted by Gasteiger charge is -2.28. The quantitative estimate of drug-likeness (QED) is 0.0637. The second-order valence-electron chi connectivity index (χ2n) is 15.3. The van der Waals surface area contributed by atoms with Crippen LogP contribution in [-0.2, 0) is 77.8 Å². The lowest BCUT2D eigenvalue weighted by molar-refractivity contribution is -0.160. The highest BCUT2D eigenvalue weighted by Crippen LogP contribution is 2.13. The molecule has 63 heavy (non-hydrogen) atoms. The van der Waals surface area contributed by atoms with Crippen LogP contribution in [0.25, 0.3) is 0 Å². The number of rotatable bonds is 41. The highest BCUT2D eigenvalue weighted by Gasteiger charge is 2.32. The van der Waals surface area contributed by atoms with Crippen LogP contribution >= 0.6 is 0 Å². The van der Waals surface area contributed by atoms with Crippen molar-refractivity contribution in [2.24, 2.45) is 5.92 Å². The summed E-state index contributed by atoms with van der Waals surface area (Å²) in [7, 11) is 1.63. The van der Waals surface area contributed by atoms with Gasteiger partial charge in [-0.2, -0.15) is 0 Å². The molecule has 0 aliphatic carbocycles. The molecule has 19 heteroatoms. The highest BCUT2D eigenvalue weighted by atomic mass is 16.6. The first-order valence-electron chi connectivity index (χ1n) is 21.9.